The van der Waals surface area contributed by atoms with Gasteiger partial charge in [-0.1, -0.05) is 50.3 Å². The Labute approximate surface area is 80.3 Å². The lowest BCUT2D eigenvalue weighted by Gasteiger charge is -2.11. The Hall–Kier alpha value is 0.700. The zero-order valence-corrected chi connectivity index (χ0v) is 9.27. The molecule has 0 aromatic heterocycles. The van der Waals surface area contributed by atoms with E-state index in [1.165, 1.54) is 37.9 Å². The van der Waals surface area contributed by atoms with Crippen molar-refractivity contribution in [2.75, 3.05) is 5.75 Å². The van der Waals surface area contributed by atoms with Crippen LogP contribution in [0.25, 0.3) is 0 Å². The minimum Gasteiger partial charge on any atom is -0.0814 e. The highest BCUT2D eigenvalue weighted by Crippen LogP contribution is 2.20. The minimum absolute atomic E-state index is 0.879. The zero-order valence-electron chi connectivity index (χ0n) is 7.64. The van der Waals surface area contributed by atoms with Crippen LogP contribution in [0.5, 0.6) is 0 Å². The van der Waals surface area contributed by atoms with Gasteiger partial charge in [0.25, 0.3) is 0 Å². The van der Waals surface area contributed by atoms with Crippen LogP contribution in [-0.4, -0.2) is 5.75 Å². The van der Waals surface area contributed by atoms with E-state index in [0.29, 0.717) is 0 Å². The van der Waals surface area contributed by atoms with E-state index < -0.39 is 0 Å². The molecule has 0 aromatic carbocycles. The Morgan fingerprint density at radius 2 is 2.00 bits per heavy atom. The number of unbranched alkanes of at least 4 members (excludes halogenated alkanes) is 2. The molecule has 1 atom stereocenters. The summed E-state index contributed by atoms with van der Waals surface area (Å²) in [5, 5.41) is 0. The Morgan fingerprint density at radius 1 is 1.27 bits per heavy atom. The molecule has 1 radical (unpaired) electrons. The number of rotatable bonds is 7. The minimum atomic E-state index is 0.879. The van der Waals surface area contributed by atoms with Crippen LogP contribution in [0.2, 0.25) is 0 Å². The van der Waals surface area contributed by atoms with Crippen LogP contribution < -0.4 is 0 Å². The third kappa shape index (κ3) is 7.07. The van der Waals surface area contributed by atoms with Gasteiger partial charge in [0.05, 0.1) is 0 Å². The van der Waals surface area contributed by atoms with Crippen molar-refractivity contribution in [3.05, 3.63) is 0 Å². The third-order valence-electron chi connectivity index (χ3n) is 2.10. The molecule has 1 unspecified atom stereocenters. The predicted molar refractivity (Wildman–Crippen MR) is 58.0 cm³/mol. The standard InChI is InChI=1S/C9H19S2/c1-3-5-6-7-9(4-2)8-11-10/h9H,3-8H2,1-2H3. The Bertz CT molecular complexity index is 74.0. The molecule has 0 nitrogen and oxygen atoms in total. The first kappa shape index (κ1) is 11.7. The van der Waals surface area contributed by atoms with Crippen LogP contribution in [0.3, 0.4) is 0 Å². The second kappa shape index (κ2) is 8.79. The molecule has 0 saturated carbocycles. The molecule has 0 bridgehead atoms. The lowest BCUT2D eigenvalue weighted by molar-refractivity contribution is 0.490. The Kier molecular flexibility index (Phi) is 9.35. The predicted octanol–water partition coefficient (Wildman–Crippen LogP) is 4.44. The molecule has 67 valence electrons. The molecular formula is C9H19S2. The number of hydrogen-bond acceptors (Lipinski definition) is 1. The van der Waals surface area contributed by atoms with Crippen LogP contribution in [0.1, 0.15) is 46.0 Å². The van der Waals surface area contributed by atoms with Gasteiger partial charge in [-0.15, -0.1) is 0 Å². The van der Waals surface area contributed by atoms with E-state index in [-0.39, 0.29) is 0 Å². The molecule has 0 amide bonds. The maximum atomic E-state index is 4.89. The normalized spacial score (nSPS) is 13.4. The van der Waals surface area contributed by atoms with Gasteiger partial charge in [-0.05, 0) is 24.0 Å². The number of hydrogen-bond donors (Lipinski definition) is 0. The van der Waals surface area contributed by atoms with Crippen molar-refractivity contribution in [2.24, 2.45) is 5.92 Å². The van der Waals surface area contributed by atoms with E-state index >= 15 is 0 Å². The zero-order chi connectivity index (χ0) is 8.53. The van der Waals surface area contributed by atoms with Gasteiger partial charge < -0.3 is 0 Å². The second-order valence-electron chi connectivity index (χ2n) is 3.05. The average Bonchev–Trinajstić information content (AvgIpc) is 2.03. The van der Waals surface area contributed by atoms with Crippen LogP contribution >= 0.6 is 22.5 Å². The maximum Gasteiger partial charge on any atom is 0.00736 e. The van der Waals surface area contributed by atoms with Gasteiger partial charge in [0.15, 0.2) is 0 Å². The smallest absolute Gasteiger partial charge is 0.00736 e. The van der Waals surface area contributed by atoms with Crippen LogP contribution in [-0.2, 0) is 0 Å². The van der Waals surface area contributed by atoms with Gasteiger partial charge in [-0.3, -0.25) is 0 Å². The van der Waals surface area contributed by atoms with Gasteiger partial charge in [-0.2, -0.15) is 0 Å². The van der Waals surface area contributed by atoms with E-state index in [1.807, 2.05) is 0 Å². The fourth-order valence-electron chi connectivity index (χ4n) is 1.18. The summed E-state index contributed by atoms with van der Waals surface area (Å²) in [6.45, 7) is 4.52. The molecule has 0 aliphatic heterocycles. The summed E-state index contributed by atoms with van der Waals surface area (Å²) in [6, 6.07) is 0. The summed E-state index contributed by atoms with van der Waals surface area (Å²) < 4.78 is 0. The van der Waals surface area contributed by atoms with Crippen molar-refractivity contribution in [1.29, 1.82) is 0 Å². The monoisotopic (exact) mass is 191 g/mol. The molecular weight excluding hydrogens is 172 g/mol. The maximum absolute atomic E-state index is 4.89. The van der Waals surface area contributed by atoms with Crippen LogP contribution in [0.15, 0.2) is 0 Å². The third-order valence-corrected chi connectivity index (χ3v) is 3.11. The van der Waals surface area contributed by atoms with Crippen molar-refractivity contribution >= 4 is 22.5 Å². The fourth-order valence-corrected chi connectivity index (χ4v) is 2.36. The highest BCUT2D eigenvalue weighted by atomic mass is 33.1. The van der Waals surface area contributed by atoms with Gasteiger partial charge >= 0.3 is 0 Å². The summed E-state index contributed by atoms with van der Waals surface area (Å²) in [5.74, 6) is 2.05. The molecule has 0 saturated heterocycles. The van der Waals surface area contributed by atoms with E-state index in [4.69, 9.17) is 11.7 Å². The van der Waals surface area contributed by atoms with E-state index in [9.17, 15) is 0 Å². The van der Waals surface area contributed by atoms with Crippen molar-refractivity contribution < 1.29 is 0 Å². The van der Waals surface area contributed by atoms with Crippen LogP contribution in [0.4, 0.5) is 0 Å². The molecule has 2 heteroatoms. The molecule has 0 fully saturated rings. The Morgan fingerprint density at radius 3 is 2.45 bits per heavy atom. The fraction of sp³-hybridized carbons (Fsp3) is 1.00. The molecule has 0 aliphatic rings. The highest BCUT2D eigenvalue weighted by Gasteiger charge is 2.04. The molecule has 0 aromatic rings. The van der Waals surface area contributed by atoms with Crippen molar-refractivity contribution in [2.45, 2.75) is 46.0 Å². The largest absolute Gasteiger partial charge is 0.0814 e. The first-order chi connectivity index (χ1) is 5.35. The van der Waals surface area contributed by atoms with Crippen molar-refractivity contribution in [1.82, 2.24) is 0 Å². The van der Waals surface area contributed by atoms with Crippen LogP contribution in [0, 0.1) is 5.92 Å². The Balaban J connectivity index is 3.20. The summed E-state index contributed by atoms with van der Waals surface area (Å²) in [4.78, 5) is 0. The van der Waals surface area contributed by atoms with Gasteiger partial charge in [-0.25, -0.2) is 0 Å². The van der Waals surface area contributed by atoms with Gasteiger partial charge in [0, 0.05) is 5.75 Å². The topological polar surface area (TPSA) is 0 Å². The van der Waals surface area contributed by atoms with E-state index in [1.54, 1.807) is 10.8 Å². The first-order valence-electron chi connectivity index (χ1n) is 4.59. The summed E-state index contributed by atoms with van der Waals surface area (Å²) in [7, 11) is 1.58. The summed E-state index contributed by atoms with van der Waals surface area (Å²) in [6.07, 6.45) is 6.79. The molecule has 0 rings (SSSR count). The van der Waals surface area contributed by atoms with Gasteiger partial charge in [0.1, 0.15) is 0 Å². The van der Waals surface area contributed by atoms with Crippen molar-refractivity contribution in [3.8, 4) is 0 Å². The molecule has 0 N–H and O–H groups in total. The lowest BCUT2D eigenvalue weighted by Crippen LogP contribution is -2.00. The molecule has 0 spiro atoms. The van der Waals surface area contributed by atoms with E-state index in [2.05, 4.69) is 13.8 Å². The van der Waals surface area contributed by atoms with Crippen molar-refractivity contribution in [3.63, 3.8) is 0 Å². The first-order valence-corrected chi connectivity index (χ1v) is 6.50. The lowest BCUT2D eigenvalue weighted by atomic mass is 10.0. The highest BCUT2D eigenvalue weighted by molar-refractivity contribution is 8.68. The van der Waals surface area contributed by atoms with Gasteiger partial charge in [0.2, 0.25) is 0 Å². The summed E-state index contributed by atoms with van der Waals surface area (Å²) >= 11 is 4.89. The van der Waals surface area contributed by atoms with E-state index in [0.717, 1.165) is 5.92 Å². The quantitative estimate of drug-likeness (QED) is 0.423. The second-order valence-corrected chi connectivity index (χ2v) is 4.33. The summed E-state index contributed by atoms with van der Waals surface area (Å²) in [5.41, 5.74) is 0. The molecule has 11 heavy (non-hydrogen) atoms. The molecule has 0 heterocycles. The molecule has 0 aliphatic carbocycles. The SMILES string of the molecule is CCCCCC(CC)CS[S]. The average molecular weight is 191 g/mol.